The summed E-state index contributed by atoms with van der Waals surface area (Å²) in [5.74, 6) is 0. The van der Waals surface area contributed by atoms with Crippen molar-refractivity contribution < 1.29 is 79.0 Å². The van der Waals surface area contributed by atoms with E-state index >= 15 is 0 Å². The largest absolute Gasteiger partial charge is 0.570 e. The zero-order valence-electron chi connectivity index (χ0n) is 17.8. The zero-order valence-corrected chi connectivity index (χ0v) is 17.8. The van der Waals surface area contributed by atoms with Crippen LogP contribution in [0.25, 0.3) is 0 Å². The molecule has 0 spiro atoms. The van der Waals surface area contributed by atoms with E-state index in [2.05, 4.69) is 15.3 Å². The molecule has 0 aliphatic carbocycles. The van der Waals surface area contributed by atoms with E-state index in [0.29, 0.717) is 0 Å². The Morgan fingerprint density at radius 3 is 0.725 bits per heavy atom. The van der Waals surface area contributed by atoms with Crippen LogP contribution in [0.15, 0.2) is 18.2 Å². The lowest BCUT2D eigenvalue weighted by atomic mass is 9.92. The number of hydrogen-bond acceptors (Lipinski definition) is 3. The van der Waals surface area contributed by atoms with Crippen molar-refractivity contribution in [2.45, 2.75) is 37.1 Å². The van der Waals surface area contributed by atoms with Crippen LogP contribution in [0.5, 0.6) is 0 Å². The number of alkyl halides is 18. The molecule has 3 rings (SSSR count). The molecule has 0 amide bonds. The number of aromatic nitrogens is 6. The molecule has 0 bridgehead atoms. The van der Waals surface area contributed by atoms with Gasteiger partial charge in [0.05, 0.1) is 0 Å². The van der Waals surface area contributed by atoms with E-state index in [4.69, 9.17) is 0 Å². The molecule has 0 saturated carbocycles. The predicted octanol–water partition coefficient (Wildman–Crippen LogP) is 6.32. The summed E-state index contributed by atoms with van der Waals surface area (Å²) >= 11 is 0. The average molecular weight is 620 g/mol. The normalized spacial score (nSPS) is 14.2. The van der Waals surface area contributed by atoms with Crippen molar-refractivity contribution in [3.05, 3.63) is 52.4 Å². The molecule has 0 N–H and O–H groups in total. The summed E-state index contributed by atoms with van der Waals surface area (Å²) in [4.78, 5) is 0. The van der Waals surface area contributed by atoms with E-state index in [-0.39, 0.29) is 0 Å². The minimum Gasteiger partial charge on any atom is -0.256 e. The summed E-state index contributed by atoms with van der Waals surface area (Å²) in [6.07, 6.45) is -36.2. The molecule has 0 aromatic carbocycles. The van der Waals surface area contributed by atoms with Crippen molar-refractivity contribution >= 4 is 7.12 Å². The summed E-state index contributed by atoms with van der Waals surface area (Å²) in [7, 11) is -4.06. The lowest BCUT2D eigenvalue weighted by molar-refractivity contribution is -0.144. The van der Waals surface area contributed by atoms with Gasteiger partial charge in [-0.15, -0.1) is 0 Å². The summed E-state index contributed by atoms with van der Waals surface area (Å²) in [6, 6.07) is -2.89. The number of rotatable bonds is 3. The van der Waals surface area contributed by atoms with Crippen molar-refractivity contribution in [2.24, 2.45) is 0 Å². The van der Waals surface area contributed by atoms with E-state index in [1.165, 1.54) is 0 Å². The van der Waals surface area contributed by atoms with Gasteiger partial charge in [-0.25, -0.2) is 0 Å². The van der Waals surface area contributed by atoms with Gasteiger partial charge in [-0.3, -0.25) is 13.8 Å². The van der Waals surface area contributed by atoms with E-state index < -0.39 is 110 Å². The van der Waals surface area contributed by atoms with Crippen molar-refractivity contribution in [1.82, 2.24) is 29.1 Å². The number of nitrogens with zero attached hydrogens (tertiary/aromatic N) is 6. The Kier molecular flexibility index (Phi) is 6.95. The minimum absolute atomic E-state index is 0.962. The highest BCUT2D eigenvalue weighted by molar-refractivity contribution is 6.53. The zero-order chi connectivity index (χ0) is 31.0. The van der Waals surface area contributed by atoms with Crippen LogP contribution >= 0.6 is 0 Å². The molecule has 40 heavy (non-hydrogen) atoms. The van der Waals surface area contributed by atoms with Crippen LogP contribution in [0.4, 0.5) is 79.0 Å². The first-order chi connectivity index (χ1) is 17.6. The fourth-order valence-electron chi connectivity index (χ4n) is 3.07. The smallest absolute Gasteiger partial charge is 0.256 e. The highest BCUT2D eigenvalue weighted by atomic mass is 19.4. The summed E-state index contributed by atoms with van der Waals surface area (Å²) < 4.78 is 237. The molecule has 3 aromatic heterocycles. The van der Waals surface area contributed by atoms with Crippen LogP contribution < -0.4 is 0 Å². The number of halogens is 18. The molecule has 0 radical (unpaired) electrons. The van der Waals surface area contributed by atoms with Crippen LogP contribution in [0.2, 0.25) is 0 Å². The first-order valence-electron chi connectivity index (χ1n) is 9.35. The van der Waals surface area contributed by atoms with Gasteiger partial charge in [0, 0.05) is 0 Å². The highest BCUT2D eigenvalue weighted by Gasteiger charge is 2.53. The van der Waals surface area contributed by atoms with E-state index in [1.807, 2.05) is 0 Å². The predicted molar refractivity (Wildman–Crippen MR) is 88.6 cm³/mol. The van der Waals surface area contributed by atoms with Gasteiger partial charge in [0.2, 0.25) is 0 Å². The fourth-order valence-corrected chi connectivity index (χ4v) is 3.07. The van der Waals surface area contributed by atoms with Crippen LogP contribution in [-0.4, -0.2) is 36.2 Å². The summed E-state index contributed by atoms with van der Waals surface area (Å²) in [6.45, 7) is 0. The van der Waals surface area contributed by atoms with Gasteiger partial charge in [-0.2, -0.15) is 94.3 Å². The Balaban J connectivity index is 2.60. The molecular formula is C15H3BF18N6. The second-order valence-corrected chi connectivity index (χ2v) is 7.41. The maximum atomic E-state index is 13.6. The standard InChI is InChI=1S/C15H3BF18N6/c17-10(18,19)4-1-7(13(26,27)28)38(35-4)16(39-8(14(29,30)31)2-5(36-39)11(20,21)22)40-9(15(32,33)34)3-6(37-40)12(23,24)25/h1-3H. The maximum absolute atomic E-state index is 13.6. The molecule has 0 aliphatic rings. The van der Waals surface area contributed by atoms with Crippen LogP contribution in [0.1, 0.15) is 34.2 Å². The lowest BCUT2D eigenvalue weighted by Crippen LogP contribution is -2.49. The third-order valence-electron chi connectivity index (χ3n) is 4.61. The van der Waals surface area contributed by atoms with E-state index in [0.717, 1.165) is 0 Å². The molecule has 0 aliphatic heterocycles. The van der Waals surface area contributed by atoms with Gasteiger partial charge in [-0.05, 0) is 18.2 Å². The quantitative estimate of drug-likeness (QED) is 0.255. The van der Waals surface area contributed by atoms with Crippen molar-refractivity contribution in [3.8, 4) is 0 Å². The Morgan fingerprint density at radius 1 is 0.375 bits per heavy atom. The van der Waals surface area contributed by atoms with Crippen molar-refractivity contribution in [3.63, 3.8) is 0 Å². The number of hydrogen-bond donors (Lipinski definition) is 0. The monoisotopic (exact) mass is 620 g/mol. The lowest BCUT2D eigenvalue weighted by Gasteiger charge is -2.22. The van der Waals surface area contributed by atoms with Gasteiger partial charge in [-0.1, -0.05) is 0 Å². The second-order valence-electron chi connectivity index (χ2n) is 7.41. The highest BCUT2D eigenvalue weighted by Crippen LogP contribution is 2.40. The van der Waals surface area contributed by atoms with Crippen LogP contribution in [-0.2, 0) is 37.1 Å². The molecule has 222 valence electrons. The molecule has 0 saturated heterocycles. The molecule has 0 unspecified atom stereocenters. The molecule has 0 atom stereocenters. The second kappa shape index (κ2) is 8.97. The van der Waals surface area contributed by atoms with Gasteiger partial charge in [0.25, 0.3) is 0 Å². The third kappa shape index (κ3) is 5.95. The van der Waals surface area contributed by atoms with Crippen LogP contribution in [0.3, 0.4) is 0 Å². The average Bonchev–Trinajstić information content (AvgIpc) is 3.42. The molecule has 25 heteroatoms. The topological polar surface area (TPSA) is 53.5 Å². The van der Waals surface area contributed by atoms with Gasteiger partial charge < -0.3 is 0 Å². The third-order valence-corrected chi connectivity index (χ3v) is 4.61. The Bertz CT molecular complexity index is 1210. The van der Waals surface area contributed by atoms with Gasteiger partial charge in [0.1, 0.15) is 17.1 Å². The van der Waals surface area contributed by atoms with E-state index in [9.17, 15) is 79.0 Å². The molecular weight excluding hydrogens is 617 g/mol. The SMILES string of the molecule is FC(F)(F)c1cc(C(F)(F)F)n(B(n2nc(C(F)(F)F)cc2C(F)(F)F)n2nc(C(F)(F)F)cc2C(F)(F)F)n1. The Morgan fingerprint density at radius 2 is 0.575 bits per heavy atom. The first-order valence-corrected chi connectivity index (χ1v) is 9.35. The fraction of sp³-hybridized carbons (Fsp3) is 0.400. The summed E-state index contributed by atoms with van der Waals surface area (Å²) in [5, 5.41) is 6.73. The Hall–Kier alpha value is -3.57. The molecule has 3 heterocycles. The maximum Gasteiger partial charge on any atom is 0.570 e. The van der Waals surface area contributed by atoms with Crippen molar-refractivity contribution in [1.29, 1.82) is 0 Å². The summed E-state index contributed by atoms with van der Waals surface area (Å²) in [5.41, 5.74) is -16.5. The molecule has 6 nitrogen and oxygen atoms in total. The molecule has 3 aromatic rings. The van der Waals surface area contributed by atoms with E-state index in [1.54, 1.807) is 0 Å². The first kappa shape index (κ1) is 31.0. The van der Waals surface area contributed by atoms with Gasteiger partial charge in [0.15, 0.2) is 17.1 Å². The minimum atomic E-state index is -6.15. The van der Waals surface area contributed by atoms with Crippen molar-refractivity contribution in [2.75, 3.05) is 0 Å². The Labute approximate surface area is 205 Å². The molecule has 0 fully saturated rings. The van der Waals surface area contributed by atoms with Gasteiger partial charge >= 0.3 is 44.2 Å². The van der Waals surface area contributed by atoms with Crippen LogP contribution in [0, 0.1) is 0 Å².